The van der Waals surface area contributed by atoms with Crippen molar-refractivity contribution in [2.75, 3.05) is 11.9 Å². The van der Waals surface area contributed by atoms with Gasteiger partial charge in [0.05, 0.1) is 6.54 Å². The third-order valence-corrected chi connectivity index (χ3v) is 8.18. The van der Waals surface area contributed by atoms with E-state index in [1.165, 1.54) is 41.7 Å². The molecule has 5 rings (SSSR count). The first-order chi connectivity index (χ1) is 18.5. The number of para-hydroxylation sites is 1. The van der Waals surface area contributed by atoms with E-state index in [4.69, 9.17) is 4.74 Å². The van der Waals surface area contributed by atoms with Gasteiger partial charge in [0.15, 0.2) is 0 Å². The summed E-state index contributed by atoms with van der Waals surface area (Å²) in [6.07, 6.45) is 9.52. The number of nitrogens with one attached hydrogen (secondary N) is 1. The van der Waals surface area contributed by atoms with Crippen molar-refractivity contribution in [2.45, 2.75) is 58.4 Å². The van der Waals surface area contributed by atoms with Gasteiger partial charge in [-0.05, 0) is 62.1 Å². The summed E-state index contributed by atoms with van der Waals surface area (Å²) in [6, 6.07) is 16.1. The summed E-state index contributed by atoms with van der Waals surface area (Å²) < 4.78 is 8.09. The fourth-order valence-electron chi connectivity index (χ4n) is 4.91. The molecule has 0 spiro atoms. The second-order valence-corrected chi connectivity index (χ2v) is 10.8. The number of carbonyl (C=O) groups excluding carboxylic acids is 1. The molecule has 0 radical (unpaired) electrons. The molecule has 38 heavy (non-hydrogen) atoms. The van der Waals surface area contributed by atoms with E-state index in [1.807, 2.05) is 42.6 Å². The maximum Gasteiger partial charge on any atom is 0.268 e. The third-order valence-electron chi connectivity index (χ3n) is 7.18. The Morgan fingerprint density at radius 1 is 1.16 bits per heavy atom. The van der Waals surface area contributed by atoms with Crippen LogP contribution in [-0.4, -0.2) is 27.3 Å². The lowest BCUT2D eigenvalue weighted by Gasteiger charge is -2.18. The molecular formula is C30H31N5O2S. The predicted molar refractivity (Wildman–Crippen MR) is 151 cm³/mol. The lowest BCUT2D eigenvalue weighted by atomic mass is 9.90. The van der Waals surface area contributed by atoms with Crippen LogP contribution in [0.25, 0.3) is 17.0 Å². The first-order valence-corrected chi connectivity index (χ1v) is 13.9. The first kappa shape index (κ1) is 25.7. The largest absolute Gasteiger partial charge is 0.492 e. The van der Waals surface area contributed by atoms with Crippen LogP contribution in [0.15, 0.2) is 54.2 Å². The number of aromatic nitrogens is 3. The molecule has 2 heterocycles. The van der Waals surface area contributed by atoms with Gasteiger partial charge in [-0.2, -0.15) is 5.26 Å². The summed E-state index contributed by atoms with van der Waals surface area (Å²) in [5.41, 5.74) is 4.27. The van der Waals surface area contributed by atoms with Crippen LogP contribution in [0.4, 0.5) is 5.13 Å². The normalized spacial score (nSPS) is 14.4. The second kappa shape index (κ2) is 11.6. The van der Waals surface area contributed by atoms with Gasteiger partial charge in [0.25, 0.3) is 5.91 Å². The zero-order valence-corrected chi connectivity index (χ0v) is 22.6. The number of hydrogen-bond acceptors (Lipinski definition) is 6. The summed E-state index contributed by atoms with van der Waals surface area (Å²) >= 11 is 1.41. The number of aryl methyl sites for hydroxylation is 2. The Hall–Kier alpha value is -3.96. The Labute approximate surface area is 226 Å². The van der Waals surface area contributed by atoms with E-state index < -0.39 is 5.91 Å². The van der Waals surface area contributed by atoms with E-state index in [0.717, 1.165) is 40.1 Å². The molecule has 0 atom stereocenters. The number of rotatable bonds is 8. The molecule has 1 saturated carbocycles. The molecule has 2 aromatic heterocycles. The van der Waals surface area contributed by atoms with Crippen LogP contribution >= 0.6 is 11.3 Å². The maximum absolute atomic E-state index is 13.0. The number of nitriles is 1. The number of ether oxygens (including phenoxy) is 1. The number of hydrogen-bond donors (Lipinski definition) is 1. The Bertz CT molecular complexity index is 1520. The lowest BCUT2D eigenvalue weighted by molar-refractivity contribution is -0.112. The smallest absolute Gasteiger partial charge is 0.268 e. The van der Waals surface area contributed by atoms with Crippen LogP contribution in [0.2, 0.25) is 0 Å². The minimum Gasteiger partial charge on any atom is -0.492 e. The molecule has 7 nitrogen and oxygen atoms in total. The Morgan fingerprint density at radius 2 is 1.97 bits per heavy atom. The van der Waals surface area contributed by atoms with E-state index >= 15 is 0 Å². The first-order valence-electron chi connectivity index (χ1n) is 13.1. The van der Waals surface area contributed by atoms with Crippen LogP contribution in [0.1, 0.15) is 59.7 Å². The van der Waals surface area contributed by atoms with Crippen molar-refractivity contribution in [3.8, 4) is 11.8 Å². The molecule has 8 heteroatoms. The summed E-state index contributed by atoms with van der Waals surface area (Å²) in [5, 5.41) is 23.4. The highest BCUT2D eigenvalue weighted by Gasteiger charge is 2.21. The highest BCUT2D eigenvalue weighted by molar-refractivity contribution is 7.15. The van der Waals surface area contributed by atoms with Crippen molar-refractivity contribution in [1.29, 1.82) is 5.26 Å². The second-order valence-electron chi connectivity index (χ2n) is 9.79. The number of carbonyl (C=O) groups is 1. The SMILES string of the molecule is Cc1ccc(OCCn2cc(/C=C(/C#N)C(=O)Nc3nnc(C4CCCCC4)s3)c3ccccc32)cc1C. The topological polar surface area (TPSA) is 92.8 Å². The third kappa shape index (κ3) is 5.79. The van der Waals surface area contributed by atoms with Gasteiger partial charge in [0, 0.05) is 28.6 Å². The molecule has 1 fully saturated rings. The van der Waals surface area contributed by atoms with Crippen LogP contribution in [0.3, 0.4) is 0 Å². The van der Waals surface area contributed by atoms with Gasteiger partial charge in [-0.15, -0.1) is 10.2 Å². The van der Waals surface area contributed by atoms with Gasteiger partial charge < -0.3 is 9.30 Å². The molecule has 2 aromatic carbocycles. The molecule has 1 aliphatic rings. The molecule has 0 bridgehead atoms. The number of amides is 1. The molecular weight excluding hydrogens is 494 g/mol. The van der Waals surface area contributed by atoms with Gasteiger partial charge in [0.1, 0.15) is 29.0 Å². The van der Waals surface area contributed by atoms with Crippen molar-refractivity contribution >= 4 is 39.4 Å². The van der Waals surface area contributed by atoms with E-state index in [0.29, 0.717) is 24.2 Å². The molecule has 1 N–H and O–H groups in total. The van der Waals surface area contributed by atoms with E-state index in [-0.39, 0.29) is 5.57 Å². The lowest BCUT2D eigenvalue weighted by Crippen LogP contribution is -2.13. The van der Waals surface area contributed by atoms with Crippen molar-refractivity contribution in [3.05, 3.63) is 75.9 Å². The highest BCUT2D eigenvalue weighted by atomic mass is 32.1. The fourth-order valence-corrected chi connectivity index (χ4v) is 5.82. The molecule has 194 valence electrons. The summed E-state index contributed by atoms with van der Waals surface area (Å²) in [5.74, 6) is 0.785. The molecule has 0 saturated heterocycles. The van der Waals surface area contributed by atoms with Crippen molar-refractivity contribution in [2.24, 2.45) is 0 Å². The van der Waals surface area contributed by atoms with Gasteiger partial charge in [0.2, 0.25) is 5.13 Å². The maximum atomic E-state index is 13.0. The van der Waals surface area contributed by atoms with Gasteiger partial charge in [-0.25, -0.2) is 0 Å². The van der Waals surface area contributed by atoms with Gasteiger partial charge >= 0.3 is 0 Å². The molecule has 1 amide bonds. The molecule has 1 aliphatic carbocycles. The van der Waals surface area contributed by atoms with Crippen molar-refractivity contribution < 1.29 is 9.53 Å². The van der Waals surface area contributed by atoms with Crippen LogP contribution < -0.4 is 10.1 Å². The summed E-state index contributed by atoms with van der Waals surface area (Å²) in [6.45, 7) is 5.28. The number of benzene rings is 2. The van der Waals surface area contributed by atoms with E-state index in [9.17, 15) is 10.1 Å². The summed E-state index contributed by atoms with van der Waals surface area (Å²) in [7, 11) is 0. The molecule has 0 unspecified atom stereocenters. The monoisotopic (exact) mass is 525 g/mol. The Kier molecular flexibility index (Phi) is 7.85. The minimum absolute atomic E-state index is 0.0219. The van der Waals surface area contributed by atoms with Crippen LogP contribution in [0.5, 0.6) is 5.75 Å². The standard InChI is InChI=1S/C30H31N5O2S/c1-20-12-13-25(16-21(20)2)37-15-14-35-19-24(26-10-6-7-11-27(26)35)17-23(18-31)28(36)32-30-34-33-29(38-30)22-8-4-3-5-9-22/h6-7,10-13,16-17,19,22H,3-5,8-9,14-15H2,1-2H3,(H,32,34,36)/b23-17-. The van der Waals surface area contributed by atoms with Crippen LogP contribution in [-0.2, 0) is 11.3 Å². The Morgan fingerprint density at radius 3 is 2.76 bits per heavy atom. The number of fused-ring (bicyclic) bond motifs is 1. The minimum atomic E-state index is -0.478. The van der Waals surface area contributed by atoms with E-state index in [1.54, 1.807) is 6.08 Å². The quantitative estimate of drug-likeness (QED) is 0.202. The zero-order chi connectivity index (χ0) is 26.5. The average Bonchev–Trinajstić information content (AvgIpc) is 3.54. The average molecular weight is 526 g/mol. The number of anilines is 1. The van der Waals surface area contributed by atoms with Gasteiger partial charge in [-0.3, -0.25) is 10.1 Å². The molecule has 4 aromatic rings. The number of nitrogens with zero attached hydrogens (tertiary/aromatic N) is 4. The van der Waals surface area contributed by atoms with Gasteiger partial charge in [-0.1, -0.05) is 54.9 Å². The Balaban J connectivity index is 1.30. The zero-order valence-electron chi connectivity index (χ0n) is 21.7. The van der Waals surface area contributed by atoms with E-state index in [2.05, 4.69) is 46.1 Å². The molecule has 0 aliphatic heterocycles. The summed E-state index contributed by atoms with van der Waals surface area (Å²) in [4.78, 5) is 13.0. The van der Waals surface area contributed by atoms with Crippen LogP contribution in [0, 0.1) is 25.2 Å². The predicted octanol–water partition coefficient (Wildman–Crippen LogP) is 6.78. The highest BCUT2D eigenvalue weighted by Crippen LogP contribution is 2.35. The fraction of sp³-hybridized carbons (Fsp3) is 0.333. The van der Waals surface area contributed by atoms with Crippen molar-refractivity contribution in [1.82, 2.24) is 14.8 Å². The van der Waals surface area contributed by atoms with Crippen molar-refractivity contribution in [3.63, 3.8) is 0 Å².